The zero-order valence-corrected chi connectivity index (χ0v) is 16.9. The molecule has 10 nitrogen and oxygen atoms in total. The summed E-state index contributed by atoms with van der Waals surface area (Å²) in [7, 11) is 1.72. The minimum Gasteiger partial charge on any atom is -0.448 e. The molecule has 0 unspecified atom stereocenters. The fourth-order valence-corrected chi connectivity index (χ4v) is 2.97. The summed E-state index contributed by atoms with van der Waals surface area (Å²) in [5.41, 5.74) is -0.320. The van der Waals surface area contributed by atoms with Crippen molar-refractivity contribution in [2.75, 3.05) is 18.4 Å². The third-order valence-electron chi connectivity index (χ3n) is 4.37. The number of anilines is 1. The van der Waals surface area contributed by atoms with Crippen LogP contribution >= 0.6 is 0 Å². The van der Waals surface area contributed by atoms with Gasteiger partial charge in [-0.05, 0) is 33.6 Å². The average Bonchev–Trinajstić information content (AvgIpc) is 3.20. The topological polar surface area (TPSA) is 115 Å². The van der Waals surface area contributed by atoms with Crippen molar-refractivity contribution in [3.63, 3.8) is 0 Å². The number of aryl methyl sites for hydroxylation is 2. The van der Waals surface area contributed by atoms with Crippen LogP contribution < -0.4 is 5.32 Å². The molecule has 1 aliphatic rings. The number of aromatic nitrogens is 4. The van der Waals surface area contributed by atoms with Gasteiger partial charge in [-0.15, -0.1) is 0 Å². The molecule has 2 aromatic heterocycles. The van der Waals surface area contributed by atoms with E-state index in [1.165, 1.54) is 10.9 Å². The van der Waals surface area contributed by atoms with E-state index in [2.05, 4.69) is 20.4 Å². The summed E-state index contributed by atoms with van der Waals surface area (Å²) in [4.78, 5) is 34.6. The van der Waals surface area contributed by atoms with Crippen LogP contribution in [0.15, 0.2) is 10.7 Å². The summed E-state index contributed by atoms with van der Waals surface area (Å²) in [6, 6.07) is 0. The van der Waals surface area contributed by atoms with Crippen molar-refractivity contribution in [2.45, 2.75) is 52.1 Å². The van der Waals surface area contributed by atoms with E-state index in [9.17, 15) is 9.59 Å². The van der Waals surface area contributed by atoms with E-state index >= 15 is 0 Å². The Morgan fingerprint density at radius 1 is 1.25 bits per heavy atom. The smallest absolute Gasteiger partial charge is 0.410 e. The number of piperidine rings is 1. The zero-order valence-electron chi connectivity index (χ0n) is 16.9. The number of ether oxygens (including phenoxy) is 1. The second kappa shape index (κ2) is 7.61. The van der Waals surface area contributed by atoms with E-state index in [-0.39, 0.29) is 17.7 Å². The Morgan fingerprint density at radius 3 is 2.50 bits per heavy atom. The Hall–Kier alpha value is -2.91. The molecule has 28 heavy (non-hydrogen) atoms. The first-order valence-electron chi connectivity index (χ1n) is 9.25. The lowest BCUT2D eigenvalue weighted by molar-refractivity contribution is 0.0203. The Labute approximate surface area is 163 Å². The van der Waals surface area contributed by atoms with Crippen LogP contribution in [0, 0.1) is 6.92 Å². The van der Waals surface area contributed by atoms with Crippen LogP contribution in [0.2, 0.25) is 0 Å². The number of hydrogen-bond acceptors (Lipinski definition) is 7. The molecule has 2 aromatic rings. The lowest BCUT2D eigenvalue weighted by atomic mass is 9.96. The molecule has 1 fully saturated rings. The number of hydrogen-bond donors (Lipinski definition) is 1. The van der Waals surface area contributed by atoms with Gasteiger partial charge in [0.25, 0.3) is 5.91 Å². The Bertz CT molecular complexity index is 858. The number of carbonyl (C=O) groups excluding carboxylic acids is 2. The molecule has 3 heterocycles. The van der Waals surface area contributed by atoms with E-state index in [0.717, 1.165) is 12.8 Å². The molecule has 0 aliphatic carbocycles. The molecule has 152 valence electrons. The molecular weight excluding hydrogens is 364 g/mol. The van der Waals surface area contributed by atoms with Gasteiger partial charge in [0.2, 0.25) is 5.95 Å². The van der Waals surface area contributed by atoms with Gasteiger partial charge in [-0.2, -0.15) is 10.1 Å². The number of amides is 2. The predicted octanol–water partition coefficient (Wildman–Crippen LogP) is 2.48. The van der Waals surface area contributed by atoms with Gasteiger partial charge in [0.1, 0.15) is 11.9 Å². The maximum absolute atomic E-state index is 12.2. The monoisotopic (exact) mass is 390 g/mol. The highest BCUT2D eigenvalue weighted by molar-refractivity contribution is 6.01. The number of likely N-dealkylation sites (tertiary alicyclic amines) is 1. The van der Waals surface area contributed by atoms with Crippen molar-refractivity contribution in [1.82, 2.24) is 24.6 Å². The third-order valence-corrected chi connectivity index (χ3v) is 4.37. The summed E-state index contributed by atoms with van der Waals surface area (Å²) in [6.07, 6.45) is 2.47. The van der Waals surface area contributed by atoms with E-state index in [1.807, 2.05) is 20.8 Å². The summed E-state index contributed by atoms with van der Waals surface area (Å²) in [6.45, 7) is 8.39. The van der Waals surface area contributed by atoms with Gasteiger partial charge < -0.3 is 14.1 Å². The number of nitrogens with zero attached hydrogens (tertiary/aromatic N) is 5. The van der Waals surface area contributed by atoms with Crippen molar-refractivity contribution in [3.05, 3.63) is 23.7 Å². The highest BCUT2D eigenvalue weighted by Crippen LogP contribution is 2.27. The van der Waals surface area contributed by atoms with Gasteiger partial charge in [0.15, 0.2) is 17.4 Å². The quantitative estimate of drug-likeness (QED) is 0.856. The molecule has 0 aromatic carbocycles. The molecule has 3 rings (SSSR count). The molecule has 10 heteroatoms. The predicted molar refractivity (Wildman–Crippen MR) is 100.0 cm³/mol. The van der Waals surface area contributed by atoms with E-state index in [0.29, 0.717) is 30.8 Å². The van der Waals surface area contributed by atoms with E-state index < -0.39 is 11.5 Å². The Kier molecular flexibility index (Phi) is 5.39. The van der Waals surface area contributed by atoms with Crippen LogP contribution in [-0.4, -0.2) is 55.3 Å². The van der Waals surface area contributed by atoms with Gasteiger partial charge in [0, 0.05) is 33.0 Å². The molecule has 0 spiro atoms. The van der Waals surface area contributed by atoms with Gasteiger partial charge in [-0.1, -0.05) is 0 Å². The first kappa shape index (κ1) is 19.8. The summed E-state index contributed by atoms with van der Waals surface area (Å²) in [5, 5.41) is 7.12. The molecule has 1 N–H and O–H groups in total. The van der Waals surface area contributed by atoms with Crippen LogP contribution in [0.4, 0.5) is 10.7 Å². The minimum atomic E-state index is -0.508. The van der Waals surface area contributed by atoms with E-state index in [4.69, 9.17) is 9.15 Å². The standard InChI is InChI=1S/C18H26N6O4/c1-11-19-13(10-27-11)15(25)21-16-20-14(22-23(16)5)12-6-8-24(9-7-12)17(26)28-18(2,3)4/h10,12H,6-9H2,1-5H3,(H,20,21,22,25). The van der Waals surface area contributed by atoms with Crippen molar-refractivity contribution < 1.29 is 18.7 Å². The number of rotatable bonds is 3. The van der Waals surface area contributed by atoms with Gasteiger partial charge in [-0.3, -0.25) is 10.1 Å². The van der Waals surface area contributed by atoms with Crippen molar-refractivity contribution in [3.8, 4) is 0 Å². The number of oxazole rings is 1. The molecular formula is C18H26N6O4. The molecule has 2 amide bonds. The van der Waals surface area contributed by atoms with Crippen LogP contribution in [0.25, 0.3) is 0 Å². The highest BCUT2D eigenvalue weighted by atomic mass is 16.6. The summed E-state index contributed by atoms with van der Waals surface area (Å²) in [5.74, 6) is 1.12. The molecule has 0 radical (unpaired) electrons. The van der Waals surface area contributed by atoms with Crippen molar-refractivity contribution >= 4 is 17.9 Å². The molecule has 0 saturated carbocycles. The minimum absolute atomic E-state index is 0.116. The number of carbonyl (C=O) groups is 2. The fourth-order valence-electron chi connectivity index (χ4n) is 2.97. The van der Waals surface area contributed by atoms with Crippen LogP contribution in [0.3, 0.4) is 0 Å². The van der Waals surface area contributed by atoms with Gasteiger partial charge in [-0.25, -0.2) is 14.5 Å². The molecule has 0 bridgehead atoms. The second-order valence-corrected chi connectivity index (χ2v) is 7.86. The van der Waals surface area contributed by atoms with Crippen LogP contribution in [-0.2, 0) is 11.8 Å². The maximum Gasteiger partial charge on any atom is 0.410 e. The van der Waals surface area contributed by atoms with Crippen LogP contribution in [0.1, 0.15) is 61.7 Å². The maximum atomic E-state index is 12.2. The Morgan fingerprint density at radius 2 is 1.93 bits per heavy atom. The fraction of sp³-hybridized carbons (Fsp3) is 0.611. The molecule has 0 atom stereocenters. The van der Waals surface area contributed by atoms with Crippen molar-refractivity contribution in [1.29, 1.82) is 0 Å². The highest BCUT2D eigenvalue weighted by Gasteiger charge is 2.29. The SMILES string of the molecule is Cc1nc(C(=O)Nc2nc(C3CCN(C(=O)OC(C)(C)C)CC3)nn2C)co1. The third kappa shape index (κ3) is 4.68. The normalized spacial score (nSPS) is 15.5. The van der Waals surface area contributed by atoms with Crippen molar-refractivity contribution in [2.24, 2.45) is 7.05 Å². The van der Waals surface area contributed by atoms with E-state index in [1.54, 1.807) is 18.9 Å². The zero-order chi connectivity index (χ0) is 20.5. The van der Waals surface area contributed by atoms with Gasteiger partial charge >= 0.3 is 6.09 Å². The average molecular weight is 390 g/mol. The molecule has 1 aliphatic heterocycles. The summed E-state index contributed by atoms with van der Waals surface area (Å²) >= 11 is 0. The van der Waals surface area contributed by atoms with Gasteiger partial charge in [0.05, 0.1) is 0 Å². The molecule has 1 saturated heterocycles. The first-order chi connectivity index (χ1) is 13.1. The first-order valence-corrected chi connectivity index (χ1v) is 9.25. The lowest BCUT2D eigenvalue weighted by Crippen LogP contribution is -2.41. The largest absolute Gasteiger partial charge is 0.448 e. The lowest BCUT2D eigenvalue weighted by Gasteiger charge is -2.32. The number of nitrogens with one attached hydrogen (secondary N) is 1. The second-order valence-electron chi connectivity index (χ2n) is 7.86. The Balaban J connectivity index is 1.59. The summed E-state index contributed by atoms with van der Waals surface area (Å²) < 4.78 is 12.0. The van der Waals surface area contributed by atoms with Crippen LogP contribution in [0.5, 0.6) is 0 Å².